The van der Waals surface area contributed by atoms with Crippen LogP contribution >= 0.6 is 0 Å². The first-order valence-corrected chi connectivity index (χ1v) is 11.2. The van der Waals surface area contributed by atoms with E-state index in [-0.39, 0.29) is 0 Å². The molecule has 34 heavy (non-hydrogen) atoms. The number of allylic oxidation sites excluding steroid dienone is 2. The van der Waals surface area contributed by atoms with Crippen molar-refractivity contribution in [3.63, 3.8) is 0 Å². The summed E-state index contributed by atoms with van der Waals surface area (Å²) in [5.41, 5.74) is 3.08. The molecular formula is C27H24F5NO. The van der Waals surface area contributed by atoms with Gasteiger partial charge in [-0.1, -0.05) is 44.0 Å². The van der Waals surface area contributed by atoms with E-state index in [1.807, 2.05) is 12.1 Å². The summed E-state index contributed by atoms with van der Waals surface area (Å²) in [6.07, 6.45) is 5.94. The quantitative estimate of drug-likeness (QED) is 0.254. The summed E-state index contributed by atoms with van der Waals surface area (Å²) >= 11 is 0. The van der Waals surface area contributed by atoms with E-state index in [9.17, 15) is 22.0 Å². The number of aromatic nitrogens is 1. The Morgan fingerprint density at radius 1 is 0.971 bits per heavy atom. The molecular weight excluding hydrogens is 449 g/mol. The van der Waals surface area contributed by atoms with Gasteiger partial charge in [0.25, 0.3) is 0 Å². The second-order valence-electron chi connectivity index (χ2n) is 8.49. The molecule has 2 aromatic carbocycles. The lowest BCUT2D eigenvalue weighted by Crippen LogP contribution is -2.22. The van der Waals surface area contributed by atoms with Gasteiger partial charge >= 0.3 is 6.11 Å². The van der Waals surface area contributed by atoms with Gasteiger partial charge in [0.2, 0.25) is 0 Å². The third-order valence-corrected chi connectivity index (χ3v) is 6.07. The van der Waals surface area contributed by atoms with Crippen molar-refractivity contribution in [2.75, 3.05) is 0 Å². The van der Waals surface area contributed by atoms with Crippen LogP contribution < -0.4 is 4.74 Å². The maximum atomic E-state index is 14.5. The topological polar surface area (TPSA) is 22.1 Å². The number of rotatable bonds is 7. The van der Waals surface area contributed by atoms with Gasteiger partial charge in [-0.2, -0.15) is 8.78 Å². The summed E-state index contributed by atoms with van der Waals surface area (Å²) in [5, 5.41) is 0. The van der Waals surface area contributed by atoms with Gasteiger partial charge in [-0.3, -0.25) is 4.98 Å². The number of benzene rings is 2. The highest BCUT2D eigenvalue weighted by Gasteiger charge is 2.35. The Labute approximate surface area is 195 Å². The minimum absolute atomic E-state index is 0.373. The Kier molecular flexibility index (Phi) is 7.00. The average molecular weight is 473 g/mol. The Morgan fingerprint density at radius 3 is 2.21 bits per heavy atom. The number of pyridine rings is 1. The van der Waals surface area contributed by atoms with Crippen molar-refractivity contribution in [2.45, 2.75) is 45.1 Å². The summed E-state index contributed by atoms with van der Waals surface area (Å²) in [6, 6.07) is 9.82. The Balaban J connectivity index is 1.46. The molecule has 1 heterocycles. The molecule has 0 saturated carbocycles. The van der Waals surface area contributed by atoms with Crippen molar-refractivity contribution >= 4 is 5.57 Å². The number of alkyl halides is 2. The smallest absolute Gasteiger partial charge is 0.426 e. The fraction of sp³-hybridized carbons (Fsp3) is 0.296. The summed E-state index contributed by atoms with van der Waals surface area (Å²) in [4.78, 5) is 4.49. The largest absolute Gasteiger partial charge is 0.429 e. The number of hydrogen-bond acceptors (Lipinski definition) is 2. The second-order valence-corrected chi connectivity index (χ2v) is 8.49. The standard InChI is InChI=1S/C27H24F5NO/c1-2-3-17-4-6-18(7-5-17)20-10-13-25(33-16-20)19-8-11-21(12-9-19)27(31,32)34-22-14-23(28)26(30)24(29)15-22/h6,8-17H,2-5,7H2,1H3. The molecule has 1 aromatic heterocycles. The van der Waals surface area contributed by atoms with E-state index in [2.05, 4.69) is 22.7 Å². The zero-order valence-electron chi connectivity index (χ0n) is 18.6. The van der Waals surface area contributed by atoms with Crippen LogP contribution in [-0.4, -0.2) is 4.98 Å². The van der Waals surface area contributed by atoms with E-state index in [4.69, 9.17) is 0 Å². The maximum Gasteiger partial charge on any atom is 0.426 e. The minimum atomic E-state index is -3.88. The molecule has 2 nitrogen and oxygen atoms in total. The summed E-state index contributed by atoms with van der Waals surface area (Å²) < 4.78 is 73.1. The Bertz CT molecular complexity index is 1150. The van der Waals surface area contributed by atoms with Crippen molar-refractivity contribution < 1.29 is 26.7 Å². The highest BCUT2D eigenvalue weighted by Crippen LogP contribution is 2.35. The highest BCUT2D eigenvalue weighted by molar-refractivity contribution is 5.68. The Morgan fingerprint density at radius 2 is 1.65 bits per heavy atom. The van der Waals surface area contributed by atoms with Crippen molar-refractivity contribution in [1.29, 1.82) is 0 Å². The molecule has 1 aliphatic rings. The van der Waals surface area contributed by atoms with Gasteiger partial charge in [0.05, 0.1) is 11.3 Å². The van der Waals surface area contributed by atoms with Crippen LogP contribution in [0.5, 0.6) is 5.75 Å². The molecule has 7 heteroatoms. The number of nitrogens with zero attached hydrogens (tertiary/aromatic N) is 1. The van der Waals surface area contributed by atoms with Crippen molar-refractivity contribution in [3.05, 3.63) is 89.4 Å². The van der Waals surface area contributed by atoms with E-state index in [1.165, 1.54) is 37.0 Å². The van der Waals surface area contributed by atoms with E-state index >= 15 is 0 Å². The number of ether oxygens (including phenoxy) is 1. The van der Waals surface area contributed by atoms with Crippen LogP contribution in [0.3, 0.4) is 0 Å². The van der Waals surface area contributed by atoms with Crippen LogP contribution in [0.2, 0.25) is 0 Å². The number of halogens is 5. The van der Waals surface area contributed by atoms with E-state index in [1.54, 1.807) is 6.20 Å². The summed E-state index contributed by atoms with van der Waals surface area (Å²) in [7, 11) is 0. The van der Waals surface area contributed by atoms with Gasteiger partial charge in [-0.25, -0.2) is 13.2 Å². The Hall–Kier alpha value is -3.22. The summed E-state index contributed by atoms with van der Waals surface area (Å²) in [5.74, 6) is -5.04. The molecule has 0 amide bonds. The van der Waals surface area contributed by atoms with Crippen LogP contribution in [0.4, 0.5) is 22.0 Å². The lowest BCUT2D eigenvalue weighted by atomic mass is 9.85. The highest BCUT2D eigenvalue weighted by atomic mass is 19.3. The third kappa shape index (κ3) is 5.29. The zero-order chi connectivity index (χ0) is 24.3. The third-order valence-electron chi connectivity index (χ3n) is 6.07. The number of hydrogen-bond donors (Lipinski definition) is 0. The van der Waals surface area contributed by atoms with Crippen LogP contribution in [0.15, 0.2) is 60.8 Å². The molecule has 178 valence electrons. The molecule has 1 unspecified atom stereocenters. The molecule has 4 rings (SSSR count). The minimum Gasteiger partial charge on any atom is -0.429 e. The predicted molar refractivity (Wildman–Crippen MR) is 121 cm³/mol. The molecule has 0 radical (unpaired) electrons. The van der Waals surface area contributed by atoms with Gasteiger partial charge in [0.1, 0.15) is 5.75 Å². The van der Waals surface area contributed by atoms with Crippen molar-refractivity contribution in [3.8, 4) is 17.0 Å². The molecule has 1 aliphatic carbocycles. The van der Waals surface area contributed by atoms with Crippen LogP contribution in [0.25, 0.3) is 16.8 Å². The normalized spacial score (nSPS) is 16.3. The fourth-order valence-electron chi connectivity index (χ4n) is 4.21. The van der Waals surface area contributed by atoms with Crippen molar-refractivity contribution in [2.24, 2.45) is 5.92 Å². The first kappa shape index (κ1) is 23.9. The van der Waals surface area contributed by atoms with E-state index in [0.29, 0.717) is 23.4 Å². The maximum absolute atomic E-state index is 14.5. The molecule has 0 fully saturated rings. The molecule has 0 bridgehead atoms. The van der Waals surface area contributed by atoms with Gasteiger partial charge in [0.15, 0.2) is 17.5 Å². The molecule has 0 N–H and O–H groups in total. The average Bonchev–Trinajstić information content (AvgIpc) is 2.83. The lowest BCUT2D eigenvalue weighted by molar-refractivity contribution is -0.185. The van der Waals surface area contributed by atoms with Gasteiger partial charge in [0, 0.05) is 23.9 Å². The predicted octanol–water partition coefficient (Wildman–Crippen LogP) is 8.28. The van der Waals surface area contributed by atoms with Gasteiger partial charge in [-0.15, -0.1) is 0 Å². The van der Waals surface area contributed by atoms with Gasteiger partial charge < -0.3 is 4.74 Å². The van der Waals surface area contributed by atoms with Crippen LogP contribution in [0, 0.1) is 23.4 Å². The first-order chi connectivity index (χ1) is 16.3. The monoisotopic (exact) mass is 473 g/mol. The van der Waals surface area contributed by atoms with E-state index in [0.717, 1.165) is 36.5 Å². The molecule has 3 aromatic rings. The van der Waals surface area contributed by atoms with Crippen LogP contribution in [-0.2, 0) is 6.11 Å². The SMILES string of the molecule is CCCC1CC=C(c2ccc(-c3ccc(C(F)(F)Oc4cc(F)c(F)c(F)c4)cc3)nc2)CC1. The zero-order valence-corrected chi connectivity index (χ0v) is 18.6. The van der Waals surface area contributed by atoms with Crippen molar-refractivity contribution in [1.82, 2.24) is 4.98 Å². The molecule has 1 atom stereocenters. The molecule has 0 spiro atoms. The van der Waals surface area contributed by atoms with Gasteiger partial charge in [-0.05, 0) is 54.5 Å². The second kappa shape index (κ2) is 9.95. The lowest BCUT2D eigenvalue weighted by Gasteiger charge is -2.21. The first-order valence-electron chi connectivity index (χ1n) is 11.2. The van der Waals surface area contributed by atoms with E-state index < -0.39 is 34.9 Å². The fourth-order valence-corrected chi connectivity index (χ4v) is 4.21. The molecule has 0 aliphatic heterocycles. The van der Waals surface area contributed by atoms with Crippen LogP contribution in [0.1, 0.15) is 50.2 Å². The molecule has 0 saturated heterocycles. The summed E-state index contributed by atoms with van der Waals surface area (Å²) in [6.45, 7) is 2.20.